The lowest BCUT2D eigenvalue weighted by atomic mass is 9.97. The fourth-order valence-electron chi connectivity index (χ4n) is 6.82. The van der Waals surface area contributed by atoms with E-state index in [2.05, 4.69) is 17.0 Å². The number of phosphoric acid groups is 1. The Morgan fingerprint density at radius 2 is 1.48 bits per heavy atom. The summed E-state index contributed by atoms with van der Waals surface area (Å²) < 4.78 is 43.1. The van der Waals surface area contributed by atoms with Crippen molar-refractivity contribution in [3.63, 3.8) is 0 Å². The van der Waals surface area contributed by atoms with Crippen molar-refractivity contribution in [1.29, 1.82) is 0 Å². The van der Waals surface area contributed by atoms with E-state index in [1.54, 1.807) is 12.1 Å². The number of aliphatic hydroxyl groups is 2. The minimum absolute atomic E-state index is 0.179. The number of hydrogen-bond acceptors (Lipinski definition) is 11. The van der Waals surface area contributed by atoms with Gasteiger partial charge in [-0.3, -0.25) is 9.05 Å². The Kier molecular flexibility index (Phi) is 19.3. The van der Waals surface area contributed by atoms with Gasteiger partial charge in [0.25, 0.3) is 0 Å². The van der Waals surface area contributed by atoms with E-state index in [0.717, 1.165) is 18.4 Å². The average molecular weight is 777 g/mol. The van der Waals surface area contributed by atoms with Crippen molar-refractivity contribution >= 4 is 19.2 Å². The lowest BCUT2D eigenvalue weighted by Gasteiger charge is -2.28. The second-order valence-electron chi connectivity index (χ2n) is 14.8. The Bertz CT molecular complexity index is 1520. The summed E-state index contributed by atoms with van der Waals surface area (Å²) >= 11 is 0. The van der Waals surface area contributed by atoms with Gasteiger partial charge in [0.2, 0.25) is 0 Å². The number of aromatic nitrogens is 3. The van der Waals surface area contributed by atoms with Gasteiger partial charge in [-0.15, -0.1) is 0 Å². The van der Waals surface area contributed by atoms with Gasteiger partial charge < -0.3 is 35.1 Å². The largest absolute Gasteiger partial charge is 0.472 e. The third-order valence-corrected chi connectivity index (χ3v) is 11.1. The standard InChI is InChI=1S/C40H65N4O9P/c1-3-4-5-6-7-8-9-10-11-12-13-14-15-16-17-21-26-49-28-33(50-27-32-22-19-18-20-23-32)29-51-54(47,48)52-30-40(2)38(46)36(45)37(53-40)34-24-25-35-39(41)42-31-43-44(34)35/h18-20,22-25,31,33,36-38,45-46H,3-17,21,26-30H2,1-2H3,(H,47,48)(H2,41,42,43)/t33-,36+,37+,38+,40-/m1/s1. The van der Waals surface area contributed by atoms with Gasteiger partial charge in [0.1, 0.15) is 41.9 Å². The average Bonchev–Trinajstić information content (AvgIpc) is 3.70. The molecule has 6 atom stereocenters. The first-order valence-electron chi connectivity index (χ1n) is 20.1. The van der Waals surface area contributed by atoms with Gasteiger partial charge in [0.15, 0.2) is 5.82 Å². The van der Waals surface area contributed by atoms with Crippen LogP contribution in [0, 0.1) is 0 Å². The van der Waals surface area contributed by atoms with E-state index in [9.17, 15) is 19.7 Å². The molecule has 0 bridgehead atoms. The molecular weight excluding hydrogens is 711 g/mol. The molecule has 13 nitrogen and oxygen atoms in total. The molecule has 1 unspecified atom stereocenters. The number of nitrogens with two attached hydrogens (primary N) is 1. The topological polar surface area (TPSA) is 180 Å². The number of unbranched alkanes of at least 4 members (excludes halogenated alkanes) is 15. The van der Waals surface area contributed by atoms with Crippen LogP contribution in [0.3, 0.4) is 0 Å². The van der Waals surface area contributed by atoms with Crippen molar-refractivity contribution in [1.82, 2.24) is 14.6 Å². The molecule has 5 N–H and O–H groups in total. The zero-order valence-electron chi connectivity index (χ0n) is 32.4. The minimum Gasteiger partial charge on any atom is -0.387 e. The molecule has 1 saturated heterocycles. The summed E-state index contributed by atoms with van der Waals surface area (Å²) in [6.45, 7) is 3.96. The van der Waals surface area contributed by atoms with E-state index in [1.807, 2.05) is 30.3 Å². The molecule has 1 aromatic carbocycles. The molecule has 1 aliphatic heterocycles. The number of nitrogens with zero attached hydrogens (tertiary/aromatic N) is 3. The quantitative estimate of drug-likeness (QED) is 0.0397. The number of phosphoric ester groups is 1. The number of nitrogen functional groups attached to an aromatic ring is 1. The van der Waals surface area contributed by atoms with Gasteiger partial charge in [-0.25, -0.2) is 14.1 Å². The highest BCUT2D eigenvalue weighted by Gasteiger charge is 2.53. The SMILES string of the molecule is CCCCCCCCCCCCCCCCCCOC[C@H](COP(=O)(O)OC[C@@]1(C)O[C@@H](c2ccc3c(N)ncnn23)[C@H](O)[C@@H]1O)OCc1ccccc1. The first-order valence-corrected chi connectivity index (χ1v) is 21.6. The molecule has 1 fully saturated rings. The third-order valence-electron chi connectivity index (χ3n) is 10.2. The molecular formula is C40H65N4O9P. The van der Waals surface area contributed by atoms with Crippen LogP contribution in [0.25, 0.3) is 5.52 Å². The minimum atomic E-state index is -4.64. The second-order valence-corrected chi connectivity index (χ2v) is 16.3. The zero-order chi connectivity index (χ0) is 38.7. The monoisotopic (exact) mass is 776 g/mol. The Morgan fingerprint density at radius 3 is 2.11 bits per heavy atom. The molecule has 0 saturated carbocycles. The molecule has 3 heterocycles. The second kappa shape index (κ2) is 23.6. The summed E-state index contributed by atoms with van der Waals surface area (Å²) in [5.41, 5.74) is 6.27. The normalized spacial score (nSPS) is 21.8. The molecule has 0 amide bonds. The van der Waals surface area contributed by atoms with Crippen LogP contribution in [0.1, 0.15) is 134 Å². The first kappa shape index (κ1) is 44.3. The number of hydrogen-bond donors (Lipinski definition) is 4. The first-order chi connectivity index (χ1) is 26.1. The van der Waals surface area contributed by atoms with Crippen molar-refractivity contribution in [3.05, 3.63) is 60.0 Å². The van der Waals surface area contributed by atoms with E-state index < -0.39 is 44.4 Å². The highest BCUT2D eigenvalue weighted by atomic mass is 31.2. The van der Waals surface area contributed by atoms with Gasteiger partial charge in [-0.2, -0.15) is 5.10 Å². The van der Waals surface area contributed by atoms with Crippen LogP contribution in [-0.2, 0) is 34.4 Å². The third kappa shape index (κ3) is 14.6. The number of anilines is 1. The smallest absolute Gasteiger partial charge is 0.387 e. The maximum atomic E-state index is 13.0. The summed E-state index contributed by atoms with van der Waals surface area (Å²) in [4.78, 5) is 14.6. The Morgan fingerprint density at radius 1 is 0.870 bits per heavy atom. The number of benzene rings is 1. The number of aliphatic hydroxyl groups excluding tert-OH is 2. The van der Waals surface area contributed by atoms with Gasteiger partial charge in [-0.1, -0.05) is 134 Å². The zero-order valence-corrected chi connectivity index (χ0v) is 33.3. The van der Waals surface area contributed by atoms with Gasteiger partial charge in [0, 0.05) is 6.61 Å². The Labute approximate surface area is 321 Å². The van der Waals surface area contributed by atoms with Crippen LogP contribution in [0.2, 0.25) is 0 Å². The molecule has 0 aliphatic carbocycles. The van der Waals surface area contributed by atoms with E-state index in [0.29, 0.717) is 17.8 Å². The molecule has 54 heavy (non-hydrogen) atoms. The molecule has 2 aromatic heterocycles. The molecule has 304 valence electrons. The lowest BCUT2D eigenvalue weighted by molar-refractivity contribution is -0.102. The van der Waals surface area contributed by atoms with Crippen LogP contribution in [0.4, 0.5) is 5.82 Å². The van der Waals surface area contributed by atoms with Crippen LogP contribution in [0.5, 0.6) is 0 Å². The predicted octanol–water partition coefficient (Wildman–Crippen LogP) is 7.86. The van der Waals surface area contributed by atoms with Gasteiger partial charge >= 0.3 is 7.82 Å². The summed E-state index contributed by atoms with van der Waals surface area (Å²) in [6, 6.07) is 13.0. The Hall–Kier alpha value is -2.45. The maximum absolute atomic E-state index is 13.0. The van der Waals surface area contributed by atoms with Crippen molar-refractivity contribution in [2.24, 2.45) is 0 Å². The molecule has 14 heteroatoms. The van der Waals surface area contributed by atoms with Crippen LogP contribution in [-0.4, -0.2) is 80.0 Å². The van der Waals surface area contributed by atoms with E-state index >= 15 is 0 Å². The molecule has 3 aromatic rings. The van der Waals surface area contributed by atoms with Crippen LogP contribution < -0.4 is 5.73 Å². The molecule has 1 aliphatic rings. The summed E-state index contributed by atoms with van der Waals surface area (Å²) in [5.74, 6) is 0.241. The van der Waals surface area contributed by atoms with E-state index in [-0.39, 0.29) is 25.6 Å². The Balaban J connectivity index is 1.14. The van der Waals surface area contributed by atoms with Gasteiger partial charge in [-0.05, 0) is 31.0 Å². The number of ether oxygens (including phenoxy) is 3. The summed E-state index contributed by atoms with van der Waals surface area (Å²) in [5, 5.41) is 26.0. The molecule has 4 rings (SSSR count). The number of fused-ring (bicyclic) bond motifs is 1. The van der Waals surface area contributed by atoms with Gasteiger partial charge in [0.05, 0.1) is 32.1 Å². The molecule has 0 spiro atoms. The van der Waals surface area contributed by atoms with Crippen molar-refractivity contribution in [3.8, 4) is 0 Å². The van der Waals surface area contributed by atoms with Crippen LogP contribution >= 0.6 is 7.82 Å². The fraction of sp³-hybridized carbons (Fsp3) is 0.700. The van der Waals surface area contributed by atoms with E-state index in [4.69, 9.17) is 29.0 Å². The summed E-state index contributed by atoms with van der Waals surface area (Å²) in [7, 11) is -4.64. The van der Waals surface area contributed by atoms with Crippen LogP contribution in [0.15, 0.2) is 48.8 Å². The summed E-state index contributed by atoms with van der Waals surface area (Å²) in [6.07, 6.45) is 17.6. The van der Waals surface area contributed by atoms with Crippen molar-refractivity contribution in [2.45, 2.75) is 153 Å². The number of rotatable bonds is 29. The van der Waals surface area contributed by atoms with Crippen molar-refractivity contribution in [2.75, 3.05) is 32.2 Å². The maximum Gasteiger partial charge on any atom is 0.472 e. The highest BCUT2D eigenvalue weighted by Crippen LogP contribution is 2.47. The lowest BCUT2D eigenvalue weighted by Crippen LogP contribution is -2.44. The highest BCUT2D eigenvalue weighted by molar-refractivity contribution is 7.47. The fourth-order valence-corrected chi connectivity index (χ4v) is 7.67. The van der Waals surface area contributed by atoms with Crippen molar-refractivity contribution < 1.29 is 42.9 Å². The predicted molar refractivity (Wildman–Crippen MR) is 209 cm³/mol. The van der Waals surface area contributed by atoms with E-state index in [1.165, 1.54) is 108 Å². The molecule has 0 radical (unpaired) electrons.